The third-order valence-electron chi connectivity index (χ3n) is 7.13. The molecule has 3 rings (SSSR count). The minimum atomic E-state index is -1.19. The largest absolute Gasteiger partial charge is 0.480 e. The molecule has 13 nitrogen and oxygen atoms in total. The fourth-order valence-corrected chi connectivity index (χ4v) is 4.82. The van der Waals surface area contributed by atoms with Gasteiger partial charge in [0.2, 0.25) is 17.7 Å². The fourth-order valence-electron chi connectivity index (χ4n) is 4.82. The van der Waals surface area contributed by atoms with Crippen LogP contribution in [0.1, 0.15) is 45.1 Å². The van der Waals surface area contributed by atoms with Gasteiger partial charge in [0, 0.05) is 36.6 Å². The summed E-state index contributed by atoms with van der Waals surface area (Å²) >= 11 is 0. The summed E-state index contributed by atoms with van der Waals surface area (Å²) in [4.78, 5) is 60.2. The highest BCUT2D eigenvalue weighted by atomic mass is 16.4. The number of aromatic nitrogens is 1. The fraction of sp³-hybridized carbons (Fsp3) is 0.519. The van der Waals surface area contributed by atoms with Crippen molar-refractivity contribution in [2.24, 2.45) is 28.1 Å². The molecule has 2 heterocycles. The summed E-state index contributed by atoms with van der Waals surface area (Å²) in [5.74, 6) is -2.86. The molecule has 1 aromatic heterocycles. The van der Waals surface area contributed by atoms with Crippen molar-refractivity contribution in [3.63, 3.8) is 0 Å². The molecule has 1 aliphatic rings. The standard InChI is InChI=1S/C27H40N8O5/c1-15(2)22(28)24(37)33-19(9-5-11-31-27(29)30)25(38)35-12-6-10-21(35)23(36)34-20(26(39)40)13-16-14-32-18-8-4-3-7-17(16)18/h3-4,7-8,14-15,19-22,32H,5-6,9-13,28H2,1-2H3,(H,33,37)(H,34,36)(H,39,40)(H4,29,30,31). The van der Waals surface area contributed by atoms with Gasteiger partial charge in [-0.15, -0.1) is 0 Å². The van der Waals surface area contributed by atoms with Gasteiger partial charge in [-0.25, -0.2) is 4.79 Å². The van der Waals surface area contributed by atoms with E-state index in [-0.39, 0.29) is 31.3 Å². The summed E-state index contributed by atoms with van der Waals surface area (Å²) in [7, 11) is 0. The molecule has 1 saturated heterocycles. The molecule has 1 aliphatic heterocycles. The van der Waals surface area contributed by atoms with Crippen molar-refractivity contribution in [2.75, 3.05) is 13.1 Å². The number of aliphatic carboxylic acids is 1. The van der Waals surface area contributed by atoms with Gasteiger partial charge in [-0.2, -0.15) is 0 Å². The Morgan fingerprint density at radius 1 is 1.15 bits per heavy atom. The summed E-state index contributed by atoms with van der Waals surface area (Å²) in [5.41, 5.74) is 18.4. The first-order chi connectivity index (χ1) is 19.0. The Hall–Kier alpha value is -4.13. The number of nitrogens with one attached hydrogen (secondary N) is 3. The molecule has 0 bridgehead atoms. The van der Waals surface area contributed by atoms with Crippen LogP contribution in [-0.4, -0.2) is 81.9 Å². The average molecular weight is 557 g/mol. The molecule has 2 aromatic rings. The second kappa shape index (κ2) is 13.8. The van der Waals surface area contributed by atoms with Gasteiger partial charge in [-0.1, -0.05) is 32.0 Å². The van der Waals surface area contributed by atoms with Gasteiger partial charge in [-0.05, 0) is 43.2 Å². The van der Waals surface area contributed by atoms with E-state index in [4.69, 9.17) is 17.2 Å². The molecule has 4 atom stereocenters. The highest BCUT2D eigenvalue weighted by Crippen LogP contribution is 2.22. The molecule has 40 heavy (non-hydrogen) atoms. The maximum Gasteiger partial charge on any atom is 0.326 e. The molecule has 10 N–H and O–H groups in total. The van der Waals surface area contributed by atoms with E-state index in [0.29, 0.717) is 25.8 Å². The molecule has 4 unspecified atom stereocenters. The Morgan fingerprint density at radius 2 is 1.88 bits per heavy atom. The predicted molar refractivity (Wildman–Crippen MR) is 151 cm³/mol. The maximum absolute atomic E-state index is 13.6. The normalized spacial score (nSPS) is 17.3. The van der Waals surface area contributed by atoms with Crippen molar-refractivity contribution in [1.82, 2.24) is 20.5 Å². The van der Waals surface area contributed by atoms with Crippen LogP contribution < -0.4 is 27.8 Å². The van der Waals surface area contributed by atoms with E-state index >= 15 is 0 Å². The number of nitrogens with zero attached hydrogens (tertiary/aromatic N) is 2. The van der Waals surface area contributed by atoms with Crippen LogP contribution in [0.2, 0.25) is 0 Å². The van der Waals surface area contributed by atoms with Gasteiger partial charge in [0.1, 0.15) is 18.1 Å². The van der Waals surface area contributed by atoms with Crippen LogP contribution in [0, 0.1) is 5.92 Å². The zero-order valence-corrected chi connectivity index (χ0v) is 22.9. The number of aromatic amines is 1. The smallest absolute Gasteiger partial charge is 0.326 e. The summed E-state index contributed by atoms with van der Waals surface area (Å²) in [6.45, 7) is 4.16. The van der Waals surface area contributed by atoms with Crippen molar-refractivity contribution in [3.05, 3.63) is 36.0 Å². The lowest BCUT2D eigenvalue weighted by Gasteiger charge is -2.30. The van der Waals surface area contributed by atoms with Crippen LogP contribution in [0.3, 0.4) is 0 Å². The molecule has 1 aromatic carbocycles. The molecule has 1 fully saturated rings. The molecule has 0 radical (unpaired) electrons. The Balaban J connectivity index is 1.73. The van der Waals surface area contributed by atoms with E-state index in [1.54, 1.807) is 20.0 Å². The molecule has 0 saturated carbocycles. The van der Waals surface area contributed by atoms with E-state index < -0.39 is 47.9 Å². The topological polar surface area (TPSA) is 222 Å². The average Bonchev–Trinajstić information content (AvgIpc) is 3.56. The lowest BCUT2D eigenvalue weighted by Crippen LogP contribution is -2.57. The number of aliphatic imine (C=N–C) groups is 1. The lowest BCUT2D eigenvalue weighted by molar-refractivity contribution is -0.145. The predicted octanol–water partition coefficient (Wildman–Crippen LogP) is -0.207. The van der Waals surface area contributed by atoms with Crippen LogP contribution in [0.15, 0.2) is 35.5 Å². The molecule has 13 heteroatoms. The van der Waals surface area contributed by atoms with E-state index in [2.05, 4.69) is 20.6 Å². The summed E-state index contributed by atoms with van der Waals surface area (Å²) in [5, 5.41) is 16.1. The van der Waals surface area contributed by atoms with Gasteiger partial charge in [-0.3, -0.25) is 19.4 Å². The Bertz CT molecular complexity index is 1240. The van der Waals surface area contributed by atoms with E-state index in [1.165, 1.54) is 4.90 Å². The molecule has 0 aliphatic carbocycles. The zero-order chi connectivity index (χ0) is 29.4. The minimum absolute atomic E-state index is 0.0717. The monoisotopic (exact) mass is 556 g/mol. The number of fused-ring (bicyclic) bond motifs is 1. The van der Waals surface area contributed by atoms with Crippen molar-refractivity contribution in [1.29, 1.82) is 0 Å². The summed E-state index contributed by atoms with van der Waals surface area (Å²) in [6.07, 6.45) is 3.37. The number of carboxylic acids is 1. The van der Waals surface area contributed by atoms with Crippen molar-refractivity contribution < 1.29 is 24.3 Å². The Morgan fingerprint density at radius 3 is 2.55 bits per heavy atom. The van der Waals surface area contributed by atoms with Crippen LogP contribution in [-0.2, 0) is 25.6 Å². The number of carbonyl (C=O) groups excluding carboxylic acids is 3. The van der Waals surface area contributed by atoms with Gasteiger partial charge in [0.15, 0.2) is 5.96 Å². The quantitative estimate of drug-likeness (QED) is 0.0991. The number of H-pyrrole nitrogens is 1. The number of likely N-dealkylation sites (tertiary alicyclic amines) is 1. The molecule has 3 amide bonds. The summed E-state index contributed by atoms with van der Waals surface area (Å²) in [6, 6.07) is 3.68. The number of rotatable bonds is 13. The zero-order valence-electron chi connectivity index (χ0n) is 22.9. The molecule has 0 spiro atoms. The number of nitrogens with two attached hydrogens (primary N) is 3. The number of carboxylic acid groups (broad SMARTS) is 1. The number of hydrogen-bond acceptors (Lipinski definition) is 6. The Kier molecular flexibility index (Phi) is 10.5. The van der Waals surface area contributed by atoms with E-state index in [9.17, 15) is 24.3 Å². The first-order valence-corrected chi connectivity index (χ1v) is 13.5. The highest BCUT2D eigenvalue weighted by Gasteiger charge is 2.39. The number of carbonyl (C=O) groups is 4. The first kappa shape index (κ1) is 30.4. The van der Waals surface area contributed by atoms with Crippen LogP contribution in [0.25, 0.3) is 10.9 Å². The van der Waals surface area contributed by atoms with Gasteiger partial charge >= 0.3 is 5.97 Å². The lowest BCUT2D eigenvalue weighted by atomic mass is 10.0. The number of para-hydroxylation sites is 1. The van der Waals surface area contributed by atoms with Crippen LogP contribution >= 0.6 is 0 Å². The molecular weight excluding hydrogens is 516 g/mol. The van der Waals surface area contributed by atoms with Gasteiger partial charge in [0.05, 0.1) is 6.04 Å². The van der Waals surface area contributed by atoms with Gasteiger partial charge in [0.25, 0.3) is 0 Å². The number of amides is 3. The van der Waals surface area contributed by atoms with Gasteiger partial charge < -0.3 is 42.8 Å². The number of hydrogen-bond donors (Lipinski definition) is 7. The van der Waals surface area contributed by atoms with E-state index in [1.807, 2.05) is 24.3 Å². The van der Waals surface area contributed by atoms with Crippen molar-refractivity contribution >= 4 is 40.6 Å². The minimum Gasteiger partial charge on any atom is -0.480 e. The van der Waals surface area contributed by atoms with Crippen molar-refractivity contribution in [3.8, 4) is 0 Å². The van der Waals surface area contributed by atoms with Crippen molar-refractivity contribution in [2.45, 2.75) is 70.1 Å². The number of benzene rings is 1. The highest BCUT2D eigenvalue weighted by molar-refractivity contribution is 5.95. The van der Waals surface area contributed by atoms with Crippen LogP contribution in [0.5, 0.6) is 0 Å². The third kappa shape index (κ3) is 7.72. The first-order valence-electron chi connectivity index (χ1n) is 13.5. The summed E-state index contributed by atoms with van der Waals surface area (Å²) < 4.78 is 0. The van der Waals surface area contributed by atoms with E-state index in [0.717, 1.165) is 16.5 Å². The maximum atomic E-state index is 13.6. The molecule has 218 valence electrons. The SMILES string of the molecule is CC(C)C(N)C(=O)NC(CCCN=C(N)N)C(=O)N1CCCC1C(=O)NC(Cc1c[nH]c2ccccc12)C(=O)O. The third-order valence-corrected chi connectivity index (χ3v) is 7.13. The molecular formula is C27H40N8O5. The number of guanidine groups is 1. The second-order valence-corrected chi connectivity index (χ2v) is 10.4. The Labute approximate surface area is 232 Å². The van der Waals surface area contributed by atoms with Crippen LogP contribution in [0.4, 0.5) is 0 Å². The second-order valence-electron chi connectivity index (χ2n) is 10.4.